The van der Waals surface area contributed by atoms with Gasteiger partial charge in [0, 0.05) is 20.0 Å². The number of hydrogen-bond acceptors (Lipinski definition) is 4. The Morgan fingerprint density at radius 2 is 1.86 bits per heavy atom. The van der Waals surface area contributed by atoms with Crippen LogP contribution in [0.15, 0.2) is 36.5 Å². The number of para-hydroxylation sites is 1. The zero-order chi connectivity index (χ0) is 15.9. The summed E-state index contributed by atoms with van der Waals surface area (Å²) in [5.41, 5.74) is 1.03. The van der Waals surface area contributed by atoms with Crippen molar-refractivity contribution in [2.75, 3.05) is 20.2 Å². The van der Waals surface area contributed by atoms with Crippen LogP contribution in [0.1, 0.15) is 17.4 Å². The number of methoxy groups -OCH3 is 1. The number of nitrogens with one attached hydrogen (secondary N) is 2. The molecule has 2 amide bonds. The van der Waals surface area contributed by atoms with E-state index in [-0.39, 0.29) is 17.5 Å². The Balaban J connectivity index is 2.08. The number of carbonyl (C=O) groups excluding carboxylic acids is 2. The molecule has 7 nitrogen and oxygen atoms in total. The molecule has 2 aromatic rings. The average molecular weight is 302 g/mol. The number of ether oxygens (including phenoxy) is 1. The highest BCUT2D eigenvalue weighted by Gasteiger charge is 2.17. The molecular formula is C15H18N4O3. The number of aromatic nitrogens is 2. The lowest BCUT2D eigenvalue weighted by Gasteiger charge is -2.04. The first kappa shape index (κ1) is 15.6. The van der Waals surface area contributed by atoms with E-state index >= 15 is 0 Å². The molecule has 2 rings (SSSR count). The number of carbonyl (C=O) groups is 2. The van der Waals surface area contributed by atoms with Crippen molar-refractivity contribution in [3.05, 3.63) is 42.2 Å². The number of nitrogens with zero attached hydrogens (tertiary/aromatic N) is 2. The second-order valence-electron chi connectivity index (χ2n) is 4.57. The Bertz CT molecular complexity index is 652. The normalized spacial score (nSPS) is 10.1. The summed E-state index contributed by atoms with van der Waals surface area (Å²) < 4.78 is 6.78. The highest BCUT2D eigenvalue weighted by Crippen LogP contribution is 2.19. The first-order valence-corrected chi connectivity index (χ1v) is 6.83. The summed E-state index contributed by atoms with van der Waals surface area (Å²) >= 11 is 0. The predicted octanol–water partition coefficient (Wildman–Crippen LogP) is 0.747. The summed E-state index contributed by atoms with van der Waals surface area (Å²) in [4.78, 5) is 22.9. The fourth-order valence-corrected chi connectivity index (χ4v) is 1.88. The summed E-state index contributed by atoms with van der Waals surface area (Å²) in [5, 5.41) is 9.54. The van der Waals surface area contributed by atoms with Crippen molar-refractivity contribution in [3.63, 3.8) is 0 Å². The zero-order valence-corrected chi connectivity index (χ0v) is 12.5. The Labute approximate surface area is 128 Å². The second kappa shape index (κ2) is 7.26. The number of amides is 2. The van der Waals surface area contributed by atoms with Crippen molar-refractivity contribution >= 4 is 11.8 Å². The Hall–Kier alpha value is -2.83. The van der Waals surface area contributed by atoms with Crippen molar-refractivity contribution in [3.8, 4) is 11.4 Å². The molecule has 0 aliphatic carbocycles. The quantitative estimate of drug-likeness (QED) is 0.771. The third kappa shape index (κ3) is 3.85. The Morgan fingerprint density at radius 3 is 2.50 bits per heavy atom. The Kier molecular flexibility index (Phi) is 5.13. The van der Waals surface area contributed by atoms with Gasteiger partial charge in [-0.15, -0.1) is 0 Å². The van der Waals surface area contributed by atoms with E-state index in [1.165, 1.54) is 14.0 Å². The van der Waals surface area contributed by atoms with Crippen LogP contribution in [-0.2, 0) is 4.79 Å². The van der Waals surface area contributed by atoms with E-state index in [9.17, 15) is 9.59 Å². The van der Waals surface area contributed by atoms with Gasteiger partial charge in [-0.05, 0) is 12.1 Å². The molecule has 116 valence electrons. The van der Waals surface area contributed by atoms with Crippen molar-refractivity contribution < 1.29 is 14.3 Å². The van der Waals surface area contributed by atoms with Crippen LogP contribution in [-0.4, -0.2) is 41.8 Å². The van der Waals surface area contributed by atoms with Crippen LogP contribution >= 0.6 is 0 Å². The molecule has 0 fully saturated rings. The zero-order valence-electron chi connectivity index (χ0n) is 12.5. The Morgan fingerprint density at radius 1 is 1.18 bits per heavy atom. The minimum absolute atomic E-state index is 0.139. The van der Waals surface area contributed by atoms with Gasteiger partial charge in [-0.1, -0.05) is 18.2 Å². The van der Waals surface area contributed by atoms with Gasteiger partial charge in [-0.25, -0.2) is 4.68 Å². The SMILES string of the molecule is COc1cn(-c2ccccc2)nc1C(=O)NCCNC(C)=O. The van der Waals surface area contributed by atoms with Gasteiger partial charge in [0.2, 0.25) is 5.91 Å². The molecule has 0 aliphatic rings. The van der Waals surface area contributed by atoms with Gasteiger partial charge in [0.25, 0.3) is 5.91 Å². The lowest BCUT2D eigenvalue weighted by molar-refractivity contribution is -0.118. The molecule has 0 bridgehead atoms. The van der Waals surface area contributed by atoms with Crippen LogP contribution < -0.4 is 15.4 Å². The molecule has 0 atom stereocenters. The minimum Gasteiger partial charge on any atom is -0.493 e. The van der Waals surface area contributed by atoms with Gasteiger partial charge in [0.15, 0.2) is 11.4 Å². The van der Waals surface area contributed by atoms with E-state index in [1.54, 1.807) is 10.9 Å². The number of hydrogen-bond donors (Lipinski definition) is 2. The third-order valence-electron chi connectivity index (χ3n) is 2.92. The number of benzene rings is 1. The molecule has 1 aromatic heterocycles. The molecule has 1 aromatic carbocycles. The maximum absolute atomic E-state index is 12.1. The molecule has 0 saturated heterocycles. The van der Waals surface area contributed by atoms with E-state index in [4.69, 9.17) is 4.74 Å². The van der Waals surface area contributed by atoms with E-state index in [0.29, 0.717) is 18.8 Å². The molecule has 2 N–H and O–H groups in total. The van der Waals surface area contributed by atoms with Crippen molar-refractivity contribution in [2.45, 2.75) is 6.92 Å². The van der Waals surface area contributed by atoms with Crippen LogP contribution in [0.5, 0.6) is 5.75 Å². The van der Waals surface area contributed by atoms with Crippen molar-refractivity contribution in [2.24, 2.45) is 0 Å². The largest absolute Gasteiger partial charge is 0.493 e. The maximum atomic E-state index is 12.1. The van der Waals surface area contributed by atoms with E-state index in [0.717, 1.165) is 5.69 Å². The summed E-state index contributed by atoms with van der Waals surface area (Å²) in [5.74, 6) is -0.0991. The molecule has 7 heteroatoms. The van der Waals surface area contributed by atoms with Gasteiger partial charge in [0.05, 0.1) is 19.0 Å². The van der Waals surface area contributed by atoms with E-state index < -0.39 is 0 Å². The molecule has 0 saturated carbocycles. The summed E-state index contributed by atoms with van der Waals surface area (Å²) in [7, 11) is 1.49. The van der Waals surface area contributed by atoms with Crippen molar-refractivity contribution in [1.82, 2.24) is 20.4 Å². The molecule has 0 spiro atoms. The van der Waals surface area contributed by atoms with E-state index in [1.807, 2.05) is 30.3 Å². The first-order valence-electron chi connectivity index (χ1n) is 6.83. The van der Waals surface area contributed by atoms with Gasteiger partial charge >= 0.3 is 0 Å². The van der Waals surface area contributed by atoms with Gasteiger partial charge in [-0.3, -0.25) is 9.59 Å². The lowest BCUT2D eigenvalue weighted by atomic mass is 10.3. The van der Waals surface area contributed by atoms with Crippen LogP contribution in [0.2, 0.25) is 0 Å². The topological polar surface area (TPSA) is 85.2 Å². The number of rotatable bonds is 6. The monoisotopic (exact) mass is 302 g/mol. The van der Waals surface area contributed by atoms with Crippen LogP contribution in [0.25, 0.3) is 5.69 Å². The highest BCUT2D eigenvalue weighted by molar-refractivity contribution is 5.95. The summed E-state index contributed by atoms with van der Waals surface area (Å²) in [6, 6.07) is 9.43. The standard InChI is InChI=1S/C15H18N4O3/c1-11(20)16-8-9-17-15(21)14-13(22-2)10-19(18-14)12-6-4-3-5-7-12/h3-7,10H,8-9H2,1-2H3,(H,16,20)(H,17,21). The molecule has 1 heterocycles. The van der Waals surface area contributed by atoms with Gasteiger partial charge in [0.1, 0.15) is 0 Å². The fourth-order valence-electron chi connectivity index (χ4n) is 1.88. The molecule has 22 heavy (non-hydrogen) atoms. The van der Waals surface area contributed by atoms with E-state index in [2.05, 4.69) is 15.7 Å². The second-order valence-corrected chi connectivity index (χ2v) is 4.57. The van der Waals surface area contributed by atoms with Crippen LogP contribution in [0.3, 0.4) is 0 Å². The van der Waals surface area contributed by atoms with Crippen molar-refractivity contribution in [1.29, 1.82) is 0 Å². The molecule has 0 radical (unpaired) electrons. The van der Waals surface area contributed by atoms with Gasteiger partial charge in [-0.2, -0.15) is 5.10 Å². The smallest absolute Gasteiger partial charge is 0.275 e. The highest BCUT2D eigenvalue weighted by atomic mass is 16.5. The van der Waals surface area contributed by atoms with Gasteiger partial charge < -0.3 is 15.4 Å². The van der Waals surface area contributed by atoms with Crippen LogP contribution in [0, 0.1) is 0 Å². The maximum Gasteiger partial charge on any atom is 0.275 e. The van der Waals surface area contributed by atoms with Crippen LogP contribution in [0.4, 0.5) is 0 Å². The lowest BCUT2D eigenvalue weighted by Crippen LogP contribution is -2.34. The fraction of sp³-hybridized carbons (Fsp3) is 0.267. The molecular weight excluding hydrogens is 284 g/mol. The minimum atomic E-state index is -0.350. The predicted molar refractivity (Wildman–Crippen MR) is 81.1 cm³/mol. The first-order chi connectivity index (χ1) is 10.6. The summed E-state index contributed by atoms with van der Waals surface area (Å²) in [6.07, 6.45) is 1.65. The molecule has 0 unspecified atom stereocenters. The summed E-state index contributed by atoms with van der Waals surface area (Å²) in [6.45, 7) is 2.11. The average Bonchev–Trinajstić information content (AvgIpc) is 2.96. The molecule has 0 aliphatic heterocycles. The third-order valence-corrected chi connectivity index (χ3v) is 2.92.